The maximum atomic E-state index is 13.3. The molecule has 3 nitrogen and oxygen atoms in total. The van der Waals surface area contributed by atoms with Crippen molar-refractivity contribution in [3.63, 3.8) is 0 Å². The molecule has 4 rings (SSSR count). The van der Waals surface area contributed by atoms with Crippen LogP contribution in [0.4, 0.5) is 20.6 Å². The van der Waals surface area contributed by atoms with Crippen LogP contribution in [-0.4, -0.2) is 11.6 Å². The van der Waals surface area contributed by atoms with Crippen molar-refractivity contribution in [2.45, 2.75) is 38.1 Å². The van der Waals surface area contributed by atoms with Gasteiger partial charge in [0.25, 0.3) is 0 Å². The molecule has 0 saturated carbocycles. The zero-order chi connectivity index (χ0) is 20.6. The van der Waals surface area contributed by atoms with E-state index in [0.29, 0.717) is 5.69 Å². The van der Waals surface area contributed by atoms with Gasteiger partial charge < -0.3 is 5.32 Å². The van der Waals surface area contributed by atoms with E-state index in [-0.39, 0.29) is 17.3 Å². The van der Waals surface area contributed by atoms with E-state index in [1.165, 1.54) is 17.7 Å². The van der Waals surface area contributed by atoms with Crippen LogP contribution in [0.3, 0.4) is 0 Å². The Morgan fingerprint density at radius 2 is 1.52 bits per heavy atom. The van der Waals surface area contributed by atoms with Crippen LogP contribution in [0.25, 0.3) is 0 Å². The Bertz CT molecular complexity index is 1030. The number of rotatable bonds is 2. The first kappa shape index (κ1) is 19.2. The number of amides is 2. The monoisotopic (exact) mass is 388 g/mol. The van der Waals surface area contributed by atoms with Gasteiger partial charge >= 0.3 is 6.03 Å². The molecule has 2 amide bonds. The average Bonchev–Trinajstić information content (AvgIpc) is 2.70. The lowest BCUT2D eigenvalue weighted by Gasteiger charge is -2.51. The molecular weight excluding hydrogens is 363 g/mol. The minimum Gasteiger partial charge on any atom is -0.308 e. The summed E-state index contributed by atoms with van der Waals surface area (Å²) >= 11 is 0. The van der Waals surface area contributed by atoms with E-state index in [1.807, 2.05) is 29.2 Å². The molecule has 1 N–H and O–H groups in total. The van der Waals surface area contributed by atoms with Crippen LogP contribution in [0, 0.1) is 5.82 Å². The second-order valence-corrected chi connectivity index (χ2v) is 8.48. The number of fused-ring (bicyclic) bond motifs is 1. The number of nitrogens with zero attached hydrogens (tertiary/aromatic N) is 1. The summed E-state index contributed by atoms with van der Waals surface area (Å²) in [4.78, 5) is 15.1. The normalized spacial score (nSPS) is 20.1. The summed E-state index contributed by atoms with van der Waals surface area (Å²) in [5.74, 6) is -0.328. The maximum Gasteiger partial charge on any atom is 0.326 e. The summed E-state index contributed by atoms with van der Waals surface area (Å²) in [6, 6.07) is 24.2. The lowest BCUT2D eigenvalue weighted by atomic mass is 9.65. The Kier molecular flexibility index (Phi) is 4.65. The van der Waals surface area contributed by atoms with Crippen LogP contribution in [-0.2, 0) is 5.41 Å². The molecule has 3 aromatic rings. The molecule has 1 atom stereocenters. The van der Waals surface area contributed by atoms with E-state index in [0.717, 1.165) is 17.7 Å². The molecule has 0 radical (unpaired) electrons. The number of para-hydroxylation sites is 1. The first-order chi connectivity index (χ1) is 13.8. The molecule has 4 heteroatoms. The predicted octanol–water partition coefficient (Wildman–Crippen LogP) is 6.35. The standard InChI is InChI=1S/C25H25FN2O/c1-24(2)17-25(3,18-9-5-4-6-10-18)21-11-7-8-12-22(21)28(24)23(29)27-20-15-13-19(26)14-16-20/h4-16H,17H2,1-3H3,(H,27,29)/t25-/m0/s1. The summed E-state index contributed by atoms with van der Waals surface area (Å²) < 4.78 is 13.2. The lowest BCUT2D eigenvalue weighted by Crippen LogP contribution is -2.57. The molecule has 0 aromatic heterocycles. The highest BCUT2D eigenvalue weighted by Crippen LogP contribution is 2.50. The second-order valence-electron chi connectivity index (χ2n) is 8.48. The SMILES string of the molecule is CC1(C)C[C@@](C)(c2ccccc2)c2ccccc2N1C(=O)Nc1ccc(F)cc1. The van der Waals surface area contributed by atoms with E-state index in [9.17, 15) is 9.18 Å². The maximum absolute atomic E-state index is 13.3. The third kappa shape index (κ3) is 3.39. The smallest absolute Gasteiger partial charge is 0.308 e. The molecule has 29 heavy (non-hydrogen) atoms. The van der Waals surface area contributed by atoms with E-state index in [2.05, 4.69) is 56.4 Å². The highest BCUT2D eigenvalue weighted by Gasteiger charge is 2.47. The summed E-state index contributed by atoms with van der Waals surface area (Å²) in [5.41, 5.74) is 3.19. The lowest BCUT2D eigenvalue weighted by molar-refractivity contribution is 0.243. The number of benzene rings is 3. The summed E-state index contributed by atoms with van der Waals surface area (Å²) in [7, 11) is 0. The number of carbonyl (C=O) groups is 1. The minimum absolute atomic E-state index is 0.214. The summed E-state index contributed by atoms with van der Waals surface area (Å²) in [5, 5.41) is 2.92. The van der Waals surface area contributed by atoms with Crippen LogP contribution in [0.1, 0.15) is 38.3 Å². The van der Waals surface area contributed by atoms with Gasteiger partial charge in [-0.25, -0.2) is 9.18 Å². The van der Waals surface area contributed by atoms with Crippen molar-refractivity contribution in [2.24, 2.45) is 0 Å². The van der Waals surface area contributed by atoms with Crippen molar-refractivity contribution in [3.05, 3.63) is 95.8 Å². The van der Waals surface area contributed by atoms with Crippen molar-refractivity contribution >= 4 is 17.4 Å². The molecular formula is C25H25FN2O. The minimum atomic E-state index is -0.428. The largest absolute Gasteiger partial charge is 0.326 e. The van der Waals surface area contributed by atoms with E-state index in [1.54, 1.807) is 12.1 Å². The van der Waals surface area contributed by atoms with Gasteiger partial charge in [-0.3, -0.25) is 4.90 Å². The molecule has 0 unspecified atom stereocenters. The third-order valence-corrected chi connectivity index (χ3v) is 5.84. The van der Waals surface area contributed by atoms with E-state index < -0.39 is 5.54 Å². The fourth-order valence-corrected chi connectivity index (χ4v) is 4.66. The summed E-state index contributed by atoms with van der Waals surface area (Å²) in [6.07, 6.45) is 0.776. The van der Waals surface area contributed by atoms with Gasteiger partial charge in [0.2, 0.25) is 0 Å². The van der Waals surface area contributed by atoms with E-state index >= 15 is 0 Å². The third-order valence-electron chi connectivity index (χ3n) is 5.84. The Morgan fingerprint density at radius 1 is 0.897 bits per heavy atom. The molecule has 0 fully saturated rings. The van der Waals surface area contributed by atoms with Crippen molar-refractivity contribution in [2.75, 3.05) is 10.2 Å². The van der Waals surface area contributed by atoms with Crippen LogP contribution >= 0.6 is 0 Å². The van der Waals surface area contributed by atoms with Gasteiger partial charge in [-0.2, -0.15) is 0 Å². The number of carbonyl (C=O) groups excluding carboxylic acids is 1. The number of hydrogen-bond donors (Lipinski definition) is 1. The van der Waals surface area contributed by atoms with Gasteiger partial charge in [-0.05, 0) is 61.7 Å². The van der Waals surface area contributed by atoms with Gasteiger partial charge in [0.05, 0.1) is 5.69 Å². The van der Waals surface area contributed by atoms with Crippen molar-refractivity contribution < 1.29 is 9.18 Å². The molecule has 3 aromatic carbocycles. The second kappa shape index (κ2) is 7.03. The number of nitrogens with one attached hydrogen (secondary N) is 1. The quantitative estimate of drug-likeness (QED) is 0.545. The Balaban J connectivity index is 1.78. The molecule has 1 aliphatic rings. The molecule has 1 aliphatic heterocycles. The zero-order valence-electron chi connectivity index (χ0n) is 16.9. The molecule has 0 saturated heterocycles. The first-order valence-electron chi connectivity index (χ1n) is 9.83. The number of hydrogen-bond acceptors (Lipinski definition) is 1. The van der Waals surface area contributed by atoms with Gasteiger partial charge in [-0.15, -0.1) is 0 Å². The van der Waals surface area contributed by atoms with Crippen LogP contribution in [0.15, 0.2) is 78.9 Å². The van der Waals surface area contributed by atoms with Gasteiger partial charge in [0.1, 0.15) is 5.82 Å². The van der Waals surface area contributed by atoms with Crippen molar-refractivity contribution in [1.29, 1.82) is 0 Å². The molecule has 0 aliphatic carbocycles. The number of anilines is 2. The Labute approximate surface area is 171 Å². The zero-order valence-corrected chi connectivity index (χ0v) is 16.9. The molecule has 1 heterocycles. The van der Waals surface area contributed by atoms with Gasteiger partial charge in [-0.1, -0.05) is 55.5 Å². The summed E-state index contributed by atoms with van der Waals surface area (Å²) in [6.45, 7) is 6.43. The van der Waals surface area contributed by atoms with Crippen LogP contribution in [0.2, 0.25) is 0 Å². The van der Waals surface area contributed by atoms with Gasteiger partial charge in [0, 0.05) is 16.6 Å². The predicted molar refractivity (Wildman–Crippen MR) is 116 cm³/mol. The average molecular weight is 388 g/mol. The molecule has 148 valence electrons. The molecule has 0 bridgehead atoms. The number of halogens is 1. The fourth-order valence-electron chi connectivity index (χ4n) is 4.66. The first-order valence-corrected chi connectivity index (χ1v) is 9.83. The van der Waals surface area contributed by atoms with Crippen LogP contribution < -0.4 is 10.2 Å². The Hall–Kier alpha value is -3.14. The Morgan fingerprint density at radius 3 is 2.21 bits per heavy atom. The molecule has 0 spiro atoms. The topological polar surface area (TPSA) is 32.3 Å². The van der Waals surface area contributed by atoms with E-state index in [4.69, 9.17) is 0 Å². The van der Waals surface area contributed by atoms with Gasteiger partial charge in [0.15, 0.2) is 0 Å². The highest BCUT2D eigenvalue weighted by molar-refractivity contribution is 6.04. The fraction of sp³-hybridized carbons (Fsp3) is 0.240. The van der Waals surface area contributed by atoms with Crippen molar-refractivity contribution in [1.82, 2.24) is 0 Å². The number of urea groups is 1. The van der Waals surface area contributed by atoms with Crippen molar-refractivity contribution in [3.8, 4) is 0 Å². The van der Waals surface area contributed by atoms with Crippen LogP contribution in [0.5, 0.6) is 0 Å². The highest BCUT2D eigenvalue weighted by atomic mass is 19.1.